The average molecular weight is 271 g/mol. The topological polar surface area (TPSA) is 65.4 Å². The average Bonchev–Trinajstić information content (AvgIpc) is 2.83. The molecule has 0 unspecified atom stereocenters. The second-order valence-corrected chi connectivity index (χ2v) is 4.38. The van der Waals surface area contributed by atoms with Crippen LogP contribution in [-0.4, -0.2) is 29.8 Å². The molecular formula is C15H13NO4. The van der Waals surface area contributed by atoms with Crippen molar-refractivity contribution in [3.63, 3.8) is 0 Å². The maximum absolute atomic E-state index is 12.0. The molecule has 0 saturated carbocycles. The van der Waals surface area contributed by atoms with Crippen LogP contribution < -0.4 is 0 Å². The maximum atomic E-state index is 12.0. The standard InChI is InChI=1S/C15H13NO4/c1-9(2)14(18)16-7-11(8-17)12-6-10(15(19)20-3)4-5-13(12)16/h4-8H,1H2,2-3H3. The summed E-state index contributed by atoms with van der Waals surface area (Å²) in [6, 6.07) is 4.69. The van der Waals surface area contributed by atoms with Crippen LogP contribution in [-0.2, 0) is 4.74 Å². The van der Waals surface area contributed by atoms with Crippen molar-refractivity contribution in [3.05, 3.63) is 47.7 Å². The Balaban J connectivity index is 2.71. The third-order valence-corrected chi connectivity index (χ3v) is 2.97. The van der Waals surface area contributed by atoms with E-state index in [9.17, 15) is 14.4 Å². The van der Waals surface area contributed by atoms with Crippen LogP contribution in [0.25, 0.3) is 10.9 Å². The quantitative estimate of drug-likeness (QED) is 0.488. The fourth-order valence-corrected chi connectivity index (χ4v) is 1.97. The number of hydrogen-bond acceptors (Lipinski definition) is 4. The zero-order valence-electron chi connectivity index (χ0n) is 11.2. The van der Waals surface area contributed by atoms with Gasteiger partial charge in [-0.15, -0.1) is 0 Å². The van der Waals surface area contributed by atoms with Gasteiger partial charge in [0.05, 0.1) is 18.2 Å². The minimum Gasteiger partial charge on any atom is -0.465 e. The molecule has 0 aliphatic carbocycles. The summed E-state index contributed by atoms with van der Waals surface area (Å²) >= 11 is 0. The molecule has 1 heterocycles. The number of esters is 1. The summed E-state index contributed by atoms with van der Waals surface area (Å²) in [6.07, 6.45) is 2.08. The first kappa shape index (κ1) is 13.7. The molecule has 0 radical (unpaired) electrons. The molecule has 1 aromatic carbocycles. The largest absolute Gasteiger partial charge is 0.465 e. The Morgan fingerprint density at radius 3 is 2.60 bits per heavy atom. The Morgan fingerprint density at radius 2 is 2.05 bits per heavy atom. The molecule has 1 aromatic heterocycles. The molecule has 0 amide bonds. The Hall–Kier alpha value is -2.69. The van der Waals surface area contributed by atoms with Crippen molar-refractivity contribution >= 4 is 29.1 Å². The summed E-state index contributed by atoms with van der Waals surface area (Å²) in [5.74, 6) is -0.795. The summed E-state index contributed by atoms with van der Waals surface area (Å²) in [6.45, 7) is 5.19. The minimum atomic E-state index is -0.497. The number of fused-ring (bicyclic) bond motifs is 1. The van der Waals surface area contributed by atoms with E-state index in [-0.39, 0.29) is 5.91 Å². The molecule has 5 nitrogen and oxygen atoms in total. The number of ether oxygens (including phenoxy) is 1. The van der Waals surface area contributed by atoms with Crippen LogP contribution in [0.1, 0.15) is 32.4 Å². The molecule has 0 bridgehead atoms. The Bertz CT molecular complexity index is 740. The van der Waals surface area contributed by atoms with Gasteiger partial charge in [0.15, 0.2) is 6.29 Å². The van der Waals surface area contributed by atoms with Gasteiger partial charge in [0.25, 0.3) is 5.91 Å². The van der Waals surface area contributed by atoms with Crippen LogP contribution in [0.15, 0.2) is 36.5 Å². The van der Waals surface area contributed by atoms with Gasteiger partial charge < -0.3 is 4.74 Å². The Labute approximate surface area is 115 Å². The van der Waals surface area contributed by atoms with E-state index in [1.54, 1.807) is 19.1 Å². The SMILES string of the molecule is C=C(C)C(=O)n1cc(C=O)c2cc(C(=O)OC)ccc21. The van der Waals surface area contributed by atoms with Crippen molar-refractivity contribution in [1.29, 1.82) is 0 Å². The van der Waals surface area contributed by atoms with E-state index in [0.717, 1.165) is 0 Å². The molecule has 5 heteroatoms. The third-order valence-electron chi connectivity index (χ3n) is 2.97. The predicted molar refractivity (Wildman–Crippen MR) is 74.1 cm³/mol. The van der Waals surface area contributed by atoms with E-state index in [1.165, 1.54) is 23.9 Å². The molecule has 0 N–H and O–H groups in total. The molecule has 102 valence electrons. The van der Waals surface area contributed by atoms with Gasteiger partial charge in [-0.2, -0.15) is 0 Å². The highest BCUT2D eigenvalue weighted by molar-refractivity contribution is 6.08. The van der Waals surface area contributed by atoms with Crippen LogP contribution in [0, 0.1) is 0 Å². The number of nitrogens with zero attached hydrogens (tertiary/aromatic N) is 1. The number of aldehydes is 1. The number of rotatable bonds is 3. The Kier molecular flexibility index (Phi) is 3.52. The fourth-order valence-electron chi connectivity index (χ4n) is 1.97. The van der Waals surface area contributed by atoms with Gasteiger partial charge in [-0.3, -0.25) is 14.2 Å². The number of allylic oxidation sites excluding steroid dienone is 1. The van der Waals surface area contributed by atoms with Crippen molar-refractivity contribution in [2.45, 2.75) is 6.92 Å². The first-order chi connectivity index (χ1) is 9.49. The summed E-state index contributed by atoms with van der Waals surface area (Å²) in [4.78, 5) is 34.6. The summed E-state index contributed by atoms with van der Waals surface area (Å²) in [7, 11) is 1.28. The lowest BCUT2D eigenvalue weighted by Crippen LogP contribution is -2.09. The highest BCUT2D eigenvalue weighted by atomic mass is 16.5. The molecule has 0 aliphatic rings. The molecule has 0 atom stereocenters. The number of hydrogen-bond donors (Lipinski definition) is 0. The maximum Gasteiger partial charge on any atom is 0.337 e. The van der Waals surface area contributed by atoms with E-state index in [2.05, 4.69) is 11.3 Å². The van der Waals surface area contributed by atoms with Crippen molar-refractivity contribution in [1.82, 2.24) is 4.57 Å². The lowest BCUT2D eigenvalue weighted by molar-refractivity contribution is 0.0600. The van der Waals surface area contributed by atoms with Gasteiger partial charge in [0.1, 0.15) is 0 Å². The Morgan fingerprint density at radius 1 is 1.35 bits per heavy atom. The first-order valence-corrected chi connectivity index (χ1v) is 5.88. The number of carbonyl (C=O) groups excluding carboxylic acids is 3. The lowest BCUT2D eigenvalue weighted by atomic mass is 10.1. The van der Waals surface area contributed by atoms with Gasteiger partial charge in [-0.1, -0.05) is 6.58 Å². The zero-order chi connectivity index (χ0) is 14.9. The molecule has 0 spiro atoms. The van der Waals surface area contributed by atoms with Gasteiger partial charge in [-0.05, 0) is 25.1 Å². The van der Waals surface area contributed by atoms with E-state index < -0.39 is 5.97 Å². The van der Waals surface area contributed by atoms with Gasteiger partial charge in [-0.25, -0.2) is 4.79 Å². The van der Waals surface area contributed by atoms with Crippen LogP contribution in [0.5, 0.6) is 0 Å². The summed E-state index contributed by atoms with van der Waals surface area (Å²) < 4.78 is 5.99. The van der Waals surface area contributed by atoms with E-state index in [1.807, 2.05) is 0 Å². The first-order valence-electron chi connectivity index (χ1n) is 5.88. The second-order valence-electron chi connectivity index (χ2n) is 4.38. The van der Waals surface area contributed by atoms with Gasteiger partial charge >= 0.3 is 5.97 Å². The van der Waals surface area contributed by atoms with Crippen molar-refractivity contribution in [2.75, 3.05) is 7.11 Å². The fraction of sp³-hybridized carbons (Fsp3) is 0.133. The van der Waals surface area contributed by atoms with Crippen LogP contribution in [0.4, 0.5) is 0 Å². The van der Waals surface area contributed by atoms with Crippen molar-refractivity contribution in [3.8, 4) is 0 Å². The second kappa shape index (κ2) is 5.13. The monoisotopic (exact) mass is 271 g/mol. The molecule has 2 aromatic rings. The highest BCUT2D eigenvalue weighted by Gasteiger charge is 2.16. The number of carbonyl (C=O) groups is 3. The van der Waals surface area contributed by atoms with Crippen LogP contribution in [0.3, 0.4) is 0 Å². The molecule has 2 rings (SSSR count). The van der Waals surface area contributed by atoms with E-state index in [0.29, 0.717) is 33.9 Å². The lowest BCUT2D eigenvalue weighted by Gasteiger charge is -2.04. The molecule has 20 heavy (non-hydrogen) atoms. The molecule has 0 fully saturated rings. The van der Waals surface area contributed by atoms with Gasteiger partial charge in [0, 0.05) is 22.7 Å². The summed E-state index contributed by atoms with van der Waals surface area (Å²) in [5, 5.41) is 0.525. The van der Waals surface area contributed by atoms with Crippen molar-refractivity contribution < 1.29 is 19.1 Å². The third kappa shape index (κ3) is 2.14. The van der Waals surface area contributed by atoms with E-state index in [4.69, 9.17) is 0 Å². The zero-order valence-corrected chi connectivity index (χ0v) is 11.2. The smallest absolute Gasteiger partial charge is 0.337 e. The van der Waals surface area contributed by atoms with Crippen LogP contribution >= 0.6 is 0 Å². The number of benzene rings is 1. The number of aromatic nitrogens is 1. The van der Waals surface area contributed by atoms with Crippen LogP contribution in [0.2, 0.25) is 0 Å². The summed E-state index contributed by atoms with van der Waals surface area (Å²) in [5.41, 5.74) is 1.56. The molecular weight excluding hydrogens is 258 g/mol. The van der Waals surface area contributed by atoms with E-state index >= 15 is 0 Å². The minimum absolute atomic E-state index is 0.297. The number of methoxy groups -OCH3 is 1. The molecule has 0 saturated heterocycles. The van der Waals surface area contributed by atoms with Crippen molar-refractivity contribution in [2.24, 2.45) is 0 Å². The molecule has 0 aliphatic heterocycles. The highest BCUT2D eigenvalue weighted by Crippen LogP contribution is 2.23. The van der Waals surface area contributed by atoms with Gasteiger partial charge in [0.2, 0.25) is 0 Å². The predicted octanol–water partition coefficient (Wildman–Crippen LogP) is 2.46. The normalized spacial score (nSPS) is 10.3.